The number of aromatic nitrogens is 1. The number of amides is 2. The Morgan fingerprint density at radius 2 is 2.19 bits per heavy atom. The molecular formula is C21H19N3O5S2. The van der Waals surface area contributed by atoms with Gasteiger partial charge in [0.1, 0.15) is 9.88 Å². The van der Waals surface area contributed by atoms with Crippen LogP contribution in [0.1, 0.15) is 22.8 Å². The summed E-state index contributed by atoms with van der Waals surface area (Å²) in [4.78, 5) is 31.3. The Bertz CT molecular complexity index is 1070. The number of carbonyl (C=O) groups is 2. The van der Waals surface area contributed by atoms with E-state index in [1.54, 1.807) is 30.5 Å². The first-order valence-electron chi connectivity index (χ1n) is 9.58. The molecule has 0 bridgehead atoms. The van der Waals surface area contributed by atoms with Crippen molar-refractivity contribution in [3.05, 3.63) is 52.6 Å². The van der Waals surface area contributed by atoms with Crippen molar-refractivity contribution in [1.82, 2.24) is 15.2 Å². The number of carbonyl (C=O) groups excluding carboxylic acids is 2. The molecule has 0 radical (unpaired) electrons. The zero-order chi connectivity index (χ0) is 21.8. The molecule has 4 rings (SSSR count). The van der Waals surface area contributed by atoms with Crippen LogP contribution in [0.3, 0.4) is 0 Å². The Kier molecular flexibility index (Phi) is 6.38. The molecule has 3 heterocycles. The van der Waals surface area contributed by atoms with Crippen LogP contribution in [0.2, 0.25) is 0 Å². The Labute approximate surface area is 188 Å². The largest absolute Gasteiger partial charge is 0.477 e. The van der Waals surface area contributed by atoms with Crippen LogP contribution < -0.4 is 19.5 Å². The maximum Gasteiger partial charge on any atom is 0.266 e. The van der Waals surface area contributed by atoms with Gasteiger partial charge in [0.2, 0.25) is 12.7 Å². The summed E-state index contributed by atoms with van der Waals surface area (Å²) < 4.78 is 16.5. The van der Waals surface area contributed by atoms with Crippen molar-refractivity contribution in [3.63, 3.8) is 0 Å². The van der Waals surface area contributed by atoms with E-state index in [2.05, 4.69) is 10.3 Å². The first-order valence-corrected chi connectivity index (χ1v) is 10.8. The van der Waals surface area contributed by atoms with Gasteiger partial charge in [-0.2, -0.15) is 0 Å². The van der Waals surface area contributed by atoms with E-state index in [1.165, 1.54) is 16.7 Å². The second-order valence-electron chi connectivity index (χ2n) is 6.49. The molecule has 2 aliphatic heterocycles. The number of thioether (sulfide) groups is 1. The highest BCUT2D eigenvalue weighted by atomic mass is 32.2. The fraction of sp³-hybridized carbons (Fsp3) is 0.238. The molecule has 1 aromatic heterocycles. The zero-order valence-corrected chi connectivity index (χ0v) is 18.3. The molecule has 0 spiro atoms. The Morgan fingerprint density at radius 3 is 3.03 bits per heavy atom. The van der Waals surface area contributed by atoms with Gasteiger partial charge in [0.05, 0.1) is 11.5 Å². The Hall–Kier alpha value is -3.11. The summed E-state index contributed by atoms with van der Waals surface area (Å²) in [6.45, 7) is 2.92. The molecule has 1 saturated heterocycles. The van der Waals surface area contributed by atoms with Gasteiger partial charge in [-0.05, 0) is 42.8 Å². The van der Waals surface area contributed by atoms with Crippen LogP contribution in [-0.4, -0.2) is 52.5 Å². The van der Waals surface area contributed by atoms with E-state index < -0.39 is 0 Å². The molecule has 160 valence electrons. The summed E-state index contributed by atoms with van der Waals surface area (Å²) in [6.07, 6.45) is 3.33. The number of rotatable bonds is 7. The van der Waals surface area contributed by atoms with Crippen LogP contribution in [0, 0.1) is 0 Å². The average Bonchev–Trinajstić information content (AvgIpc) is 3.33. The fourth-order valence-electron chi connectivity index (χ4n) is 3.04. The van der Waals surface area contributed by atoms with Crippen molar-refractivity contribution < 1.29 is 23.8 Å². The number of fused-ring (bicyclic) bond motifs is 1. The normalized spacial score (nSPS) is 16.2. The number of hydrogen-bond donors (Lipinski definition) is 1. The van der Waals surface area contributed by atoms with Gasteiger partial charge in [-0.3, -0.25) is 14.5 Å². The van der Waals surface area contributed by atoms with Gasteiger partial charge in [0, 0.05) is 19.3 Å². The molecule has 0 atom stereocenters. The average molecular weight is 458 g/mol. The summed E-state index contributed by atoms with van der Waals surface area (Å²) >= 11 is 6.59. The molecule has 2 aliphatic rings. The fourth-order valence-corrected chi connectivity index (χ4v) is 4.35. The van der Waals surface area contributed by atoms with Gasteiger partial charge < -0.3 is 19.5 Å². The summed E-state index contributed by atoms with van der Waals surface area (Å²) in [5.74, 6) is 1.09. The number of nitrogens with one attached hydrogen (secondary N) is 1. The Morgan fingerprint density at radius 1 is 1.35 bits per heavy atom. The van der Waals surface area contributed by atoms with Crippen molar-refractivity contribution >= 4 is 46.2 Å². The topological polar surface area (TPSA) is 90.0 Å². The second kappa shape index (κ2) is 9.36. The van der Waals surface area contributed by atoms with Crippen LogP contribution in [-0.2, 0) is 4.79 Å². The number of ether oxygens (including phenoxy) is 3. The van der Waals surface area contributed by atoms with E-state index in [0.29, 0.717) is 32.9 Å². The molecule has 31 heavy (non-hydrogen) atoms. The van der Waals surface area contributed by atoms with E-state index in [0.717, 1.165) is 5.56 Å². The molecule has 10 heteroatoms. The van der Waals surface area contributed by atoms with Crippen LogP contribution in [0.25, 0.3) is 6.08 Å². The minimum Gasteiger partial charge on any atom is -0.477 e. The molecule has 0 unspecified atom stereocenters. The summed E-state index contributed by atoms with van der Waals surface area (Å²) in [5, 5.41) is 2.79. The quantitative estimate of drug-likeness (QED) is 0.502. The van der Waals surface area contributed by atoms with Crippen molar-refractivity contribution in [1.29, 1.82) is 0 Å². The van der Waals surface area contributed by atoms with Crippen molar-refractivity contribution in [2.45, 2.75) is 6.92 Å². The van der Waals surface area contributed by atoms with Gasteiger partial charge in [0.15, 0.2) is 11.5 Å². The van der Waals surface area contributed by atoms with Crippen molar-refractivity contribution in [3.8, 4) is 17.4 Å². The molecule has 8 nitrogen and oxygen atoms in total. The van der Waals surface area contributed by atoms with Gasteiger partial charge in [-0.25, -0.2) is 4.98 Å². The number of pyridine rings is 1. The first kappa shape index (κ1) is 21.1. The third-order valence-corrected chi connectivity index (χ3v) is 5.86. The third-order valence-electron chi connectivity index (χ3n) is 4.49. The summed E-state index contributed by atoms with van der Waals surface area (Å²) in [5.41, 5.74) is 1.16. The first-order chi connectivity index (χ1) is 15.1. The minimum atomic E-state index is -0.321. The van der Waals surface area contributed by atoms with Crippen LogP contribution in [0.4, 0.5) is 0 Å². The maximum atomic E-state index is 12.8. The molecule has 2 aromatic rings. The molecule has 1 aromatic carbocycles. The number of hydrogen-bond acceptors (Lipinski definition) is 8. The van der Waals surface area contributed by atoms with Crippen LogP contribution in [0.15, 0.2) is 41.4 Å². The van der Waals surface area contributed by atoms with Crippen LogP contribution >= 0.6 is 24.0 Å². The smallest absolute Gasteiger partial charge is 0.266 e. The zero-order valence-electron chi connectivity index (χ0n) is 16.6. The van der Waals surface area contributed by atoms with Crippen LogP contribution in [0.5, 0.6) is 17.4 Å². The molecule has 1 N–H and O–H groups in total. The Balaban J connectivity index is 1.37. The number of benzene rings is 1. The van der Waals surface area contributed by atoms with E-state index in [1.807, 2.05) is 19.1 Å². The van der Waals surface area contributed by atoms with Gasteiger partial charge in [0.25, 0.3) is 11.8 Å². The molecule has 0 saturated carbocycles. The predicted octanol–water partition coefficient (Wildman–Crippen LogP) is 2.84. The minimum absolute atomic E-state index is 0.192. The lowest BCUT2D eigenvalue weighted by molar-refractivity contribution is -0.122. The van der Waals surface area contributed by atoms with Gasteiger partial charge >= 0.3 is 0 Å². The molecule has 0 aliphatic carbocycles. The highest BCUT2D eigenvalue weighted by molar-refractivity contribution is 8.26. The summed E-state index contributed by atoms with van der Waals surface area (Å²) in [7, 11) is 0. The lowest BCUT2D eigenvalue weighted by Gasteiger charge is -2.15. The lowest BCUT2D eigenvalue weighted by atomic mass is 10.2. The number of thiocarbonyl (C=S) groups is 1. The summed E-state index contributed by atoms with van der Waals surface area (Å²) in [6, 6.07) is 8.78. The monoisotopic (exact) mass is 457 g/mol. The standard InChI is InChI=1S/C21H19N3O5S2/c1-2-27-19-14(4-3-7-23-19)18(25)22-8-9-24-20(26)17(31-21(24)30)11-13-5-6-15-16(10-13)29-12-28-15/h3-7,10-11H,2,8-9,12H2,1H3,(H,22,25)/b17-11+. The highest BCUT2D eigenvalue weighted by Gasteiger charge is 2.32. The lowest BCUT2D eigenvalue weighted by Crippen LogP contribution is -2.37. The third kappa shape index (κ3) is 4.64. The molecular weight excluding hydrogens is 438 g/mol. The van der Waals surface area contributed by atoms with E-state index in [9.17, 15) is 9.59 Å². The highest BCUT2D eigenvalue weighted by Crippen LogP contribution is 2.36. The SMILES string of the molecule is CCOc1ncccc1C(=O)NCCN1C(=O)/C(=C\c2ccc3c(c2)OCO3)SC1=S. The van der Waals surface area contributed by atoms with Gasteiger partial charge in [-0.15, -0.1) is 0 Å². The van der Waals surface area contributed by atoms with E-state index in [-0.39, 0.29) is 37.6 Å². The molecule has 1 fully saturated rings. The van der Waals surface area contributed by atoms with Crippen molar-refractivity contribution in [2.75, 3.05) is 26.5 Å². The predicted molar refractivity (Wildman–Crippen MR) is 120 cm³/mol. The maximum absolute atomic E-state index is 12.8. The van der Waals surface area contributed by atoms with E-state index >= 15 is 0 Å². The van der Waals surface area contributed by atoms with Gasteiger partial charge in [-0.1, -0.05) is 30.0 Å². The molecule has 2 amide bonds. The second-order valence-corrected chi connectivity index (χ2v) is 8.17. The van der Waals surface area contributed by atoms with Crippen molar-refractivity contribution in [2.24, 2.45) is 0 Å². The number of nitrogens with zero attached hydrogens (tertiary/aromatic N) is 2. The van der Waals surface area contributed by atoms with E-state index in [4.69, 9.17) is 26.4 Å².